The van der Waals surface area contributed by atoms with Crippen molar-refractivity contribution < 1.29 is 4.74 Å². The molecule has 25 heavy (non-hydrogen) atoms. The number of nitrogens with zero attached hydrogens (tertiary/aromatic N) is 3. The minimum absolute atomic E-state index is 0.777. The van der Waals surface area contributed by atoms with Crippen molar-refractivity contribution in [3.05, 3.63) is 59.1 Å². The monoisotopic (exact) mass is 357 g/mol. The van der Waals surface area contributed by atoms with Crippen LogP contribution in [0.15, 0.2) is 53.6 Å². The Morgan fingerprint density at radius 3 is 2.20 bits per heavy atom. The molecule has 0 aliphatic carbocycles. The van der Waals surface area contributed by atoms with Crippen LogP contribution in [0.25, 0.3) is 0 Å². The van der Waals surface area contributed by atoms with Crippen molar-refractivity contribution in [1.29, 1.82) is 0 Å². The van der Waals surface area contributed by atoms with E-state index in [9.17, 15) is 0 Å². The SMILES string of the molecule is CCC(=NN1CCN(c2ccc(Cl)cc2)CC1)c1ccc(OC)cc1. The van der Waals surface area contributed by atoms with Crippen LogP contribution in [0, 0.1) is 0 Å². The highest BCUT2D eigenvalue weighted by Crippen LogP contribution is 2.20. The van der Waals surface area contributed by atoms with Crippen LogP contribution in [-0.2, 0) is 0 Å². The van der Waals surface area contributed by atoms with Crippen molar-refractivity contribution in [2.45, 2.75) is 13.3 Å². The van der Waals surface area contributed by atoms with Crippen molar-refractivity contribution in [3.63, 3.8) is 0 Å². The molecular formula is C20H24ClN3O. The molecule has 0 radical (unpaired) electrons. The second kappa shape index (κ2) is 8.26. The van der Waals surface area contributed by atoms with E-state index in [-0.39, 0.29) is 0 Å². The molecule has 1 aliphatic rings. The van der Waals surface area contributed by atoms with Gasteiger partial charge in [-0.05, 0) is 60.5 Å². The molecule has 0 saturated carbocycles. The summed E-state index contributed by atoms with van der Waals surface area (Å²) < 4.78 is 5.23. The van der Waals surface area contributed by atoms with Crippen LogP contribution in [-0.4, -0.2) is 44.0 Å². The summed E-state index contributed by atoms with van der Waals surface area (Å²) in [4.78, 5) is 2.38. The van der Waals surface area contributed by atoms with E-state index in [2.05, 4.69) is 41.1 Å². The van der Waals surface area contributed by atoms with Gasteiger partial charge in [-0.25, -0.2) is 0 Å². The minimum Gasteiger partial charge on any atom is -0.497 e. The molecule has 5 heteroatoms. The Balaban J connectivity index is 1.64. The first-order valence-electron chi connectivity index (χ1n) is 8.67. The number of methoxy groups -OCH3 is 1. The standard InChI is InChI=1S/C20H24ClN3O/c1-3-20(16-4-10-19(25-2)11-5-16)22-24-14-12-23(13-15-24)18-8-6-17(21)7-9-18/h4-11H,3,12-15H2,1-2H3. The van der Waals surface area contributed by atoms with Gasteiger partial charge < -0.3 is 9.64 Å². The molecule has 0 spiro atoms. The zero-order valence-corrected chi connectivity index (χ0v) is 15.5. The Hall–Kier alpha value is -2.20. The molecule has 0 N–H and O–H groups in total. The van der Waals surface area contributed by atoms with E-state index < -0.39 is 0 Å². The molecule has 2 aromatic carbocycles. The van der Waals surface area contributed by atoms with E-state index in [1.807, 2.05) is 24.3 Å². The van der Waals surface area contributed by atoms with Gasteiger partial charge in [0.05, 0.1) is 25.9 Å². The summed E-state index contributed by atoms with van der Waals surface area (Å²) in [6.45, 7) is 5.91. The van der Waals surface area contributed by atoms with Crippen LogP contribution < -0.4 is 9.64 Å². The quantitative estimate of drug-likeness (QED) is 0.747. The van der Waals surface area contributed by atoms with Gasteiger partial charge in [0.25, 0.3) is 0 Å². The van der Waals surface area contributed by atoms with E-state index in [1.165, 1.54) is 5.69 Å². The van der Waals surface area contributed by atoms with Gasteiger partial charge in [-0.2, -0.15) is 5.10 Å². The van der Waals surface area contributed by atoms with Crippen LogP contribution in [0.5, 0.6) is 5.75 Å². The fraction of sp³-hybridized carbons (Fsp3) is 0.350. The first-order chi connectivity index (χ1) is 12.2. The Morgan fingerprint density at radius 2 is 1.64 bits per heavy atom. The summed E-state index contributed by atoms with van der Waals surface area (Å²) in [5.41, 5.74) is 3.49. The molecule has 0 bridgehead atoms. The number of piperazine rings is 1. The van der Waals surface area contributed by atoms with Gasteiger partial charge in [-0.1, -0.05) is 18.5 Å². The molecule has 1 saturated heterocycles. The largest absolute Gasteiger partial charge is 0.497 e. The van der Waals surface area contributed by atoms with Gasteiger partial charge in [0.1, 0.15) is 5.75 Å². The summed E-state index contributed by atoms with van der Waals surface area (Å²) in [5.74, 6) is 0.871. The molecule has 2 aromatic rings. The van der Waals surface area contributed by atoms with E-state index in [0.29, 0.717) is 0 Å². The Kier molecular flexibility index (Phi) is 5.82. The number of ether oxygens (including phenoxy) is 1. The Bertz CT molecular complexity index is 705. The number of hydrazone groups is 1. The lowest BCUT2D eigenvalue weighted by Gasteiger charge is -2.35. The van der Waals surface area contributed by atoms with Crippen LogP contribution in [0.4, 0.5) is 5.69 Å². The van der Waals surface area contributed by atoms with Crippen molar-refractivity contribution in [2.75, 3.05) is 38.2 Å². The maximum atomic E-state index is 5.97. The third-order valence-electron chi connectivity index (χ3n) is 4.47. The topological polar surface area (TPSA) is 28.1 Å². The zero-order chi connectivity index (χ0) is 17.6. The number of hydrogen-bond donors (Lipinski definition) is 0. The van der Waals surface area contributed by atoms with Crippen molar-refractivity contribution >= 4 is 23.0 Å². The molecule has 3 rings (SSSR count). The lowest BCUT2D eigenvalue weighted by Crippen LogP contribution is -2.44. The number of rotatable bonds is 5. The summed E-state index contributed by atoms with van der Waals surface area (Å²) in [7, 11) is 1.68. The van der Waals surface area contributed by atoms with Crippen molar-refractivity contribution in [1.82, 2.24) is 5.01 Å². The molecule has 4 nitrogen and oxygen atoms in total. The maximum Gasteiger partial charge on any atom is 0.118 e. The van der Waals surface area contributed by atoms with Gasteiger partial charge in [0.2, 0.25) is 0 Å². The van der Waals surface area contributed by atoms with Gasteiger partial charge in [-0.15, -0.1) is 0 Å². The molecule has 1 fully saturated rings. The maximum absolute atomic E-state index is 5.97. The van der Waals surface area contributed by atoms with E-state index >= 15 is 0 Å². The third kappa shape index (κ3) is 4.45. The zero-order valence-electron chi connectivity index (χ0n) is 14.8. The molecule has 1 heterocycles. The van der Waals surface area contributed by atoms with Crippen LogP contribution in [0.3, 0.4) is 0 Å². The number of halogens is 1. The predicted molar refractivity (Wildman–Crippen MR) is 105 cm³/mol. The second-order valence-corrected chi connectivity index (χ2v) is 6.48. The summed E-state index contributed by atoms with van der Waals surface area (Å²) >= 11 is 5.97. The van der Waals surface area contributed by atoms with Crippen LogP contribution in [0.2, 0.25) is 5.02 Å². The lowest BCUT2D eigenvalue weighted by atomic mass is 10.1. The third-order valence-corrected chi connectivity index (χ3v) is 4.72. The fourth-order valence-electron chi connectivity index (χ4n) is 2.99. The Labute approximate surface area is 154 Å². The number of hydrogen-bond acceptors (Lipinski definition) is 4. The molecule has 0 unspecified atom stereocenters. The number of benzene rings is 2. The smallest absolute Gasteiger partial charge is 0.118 e. The first kappa shape index (κ1) is 17.6. The minimum atomic E-state index is 0.777. The Morgan fingerprint density at radius 1 is 1.00 bits per heavy atom. The molecule has 1 aliphatic heterocycles. The van der Waals surface area contributed by atoms with Crippen molar-refractivity contribution in [3.8, 4) is 5.75 Å². The van der Waals surface area contributed by atoms with Gasteiger partial charge in [0.15, 0.2) is 0 Å². The lowest BCUT2D eigenvalue weighted by molar-refractivity contribution is 0.270. The molecule has 0 amide bonds. The van der Waals surface area contributed by atoms with Gasteiger partial charge in [-0.3, -0.25) is 5.01 Å². The average molecular weight is 358 g/mol. The van der Waals surface area contributed by atoms with Gasteiger partial charge in [0, 0.05) is 23.8 Å². The molecule has 132 valence electrons. The molecule has 0 atom stereocenters. The van der Waals surface area contributed by atoms with E-state index in [0.717, 1.165) is 54.6 Å². The highest BCUT2D eigenvalue weighted by Gasteiger charge is 2.16. The summed E-state index contributed by atoms with van der Waals surface area (Å²) in [6.07, 6.45) is 0.906. The highest BCUT2D eigenvalue weighted by molar-refractivity contribution is 6.30. The number of anilines is 1. The first-order valence-corrected chi connectivity index (χ1v) is 9.04. The normalized spacial score (nSPS) is 15.4. The van der Waals surface area contributed by atoms with Crippen LogP contribution >= 0.6 is 11.6 Å². The second-order valence-electron chi connectivity index (χ2n) is 6.05. The van der Waals surface area contributed by atoms with Gasteiger partial charge >= 0.3 is 0 Å². The van der Waals surface area contributed by atoms with E-state index in [1.54, 1.807) is 7.11 Å². The predicted octanol–water partition coefficient (Wildman–Crippen LogP) is 4.28. The average Bonchev–Trinajstić information content (AvgIpc) is 2.67. The highest BCUT2D eigenvalue weighted by atomic mass is 35.5. The van der Waals surface area contributed by atoms with E-state index in [4.69, 9.17) is 21.4 Å². The molecule has 0 aromatic heterocycles. The summed E-state index contributed by atoms with van der Waals surface area (Å²) in [6, 6.07) is 16.2. The molecular weight excluding hydrogens is 334 g/mol. The summed E-state index contributed by atoms with van der Waals surface area (Å²) in [5, 5.41) is 7.84. The van der Waals surface area contributed by atoms with Crippen LogP contribution in [0.1, 0.15) is 18.9 Å². The fourth-order valence-corrected chi connectivity index (χ4v) is 3.12. The van der Waals surface area contributed by atoms with Crippen molar-refractivity contribution in [2.24, 2.45) is 5.10 Å².